The van der Waals surface area contributed by atoms with Crippen LogP contribution in [0.2, 0.25) is 0 Å². The Morgan fingerprint density at radius 1 is 1.27 bits per heavy atom. The van der Waals surface area contributed by atoms with E-state index in [1.54, 1.807) is 18.3 Å². The maximum Gasteiger partial charge on any atom is 0.123 e. The first-order valence-corrected chi connectivity index (χ1v) is 4.77. The largest absolute Gasteiger partial charge is 0.377 e. The van der Waals surface area contributed by atoms with Gasteiger partial charge < -0.3 is 5.32 Å². The first kappa shape index (κ1) is 9.71. The zero-order valence-electron chi connectivity index (χ0n) is 8.37. The number of aromatic nitrogens is 2. The number of H-pyrrole nitrogens is 1. The van der Waals surface area contributed by atoms with Gasteiger partial charge in [0, 0.05) is 11.9 Å². The van der Waals surface area contributed by atoms with Gasteiger partial charge in [0.25, 0.3) is 0 Å². The average Bonchev–Trinajstić information content (AvgIpc) is 2.74. The molecule has 0 aliphatic heterocycles. The molecule has 1 unspecified atom stereocenters. The summed E-state index contributed by atoms with van der Waals surface area (Å²) in [6.45, 7) is 2.01. The summed E-state index contributed by atoms with van der Waals surface area (Å²) in [6.07, 6.45) is 1.71. The van der Waals surface area contributed by atoms with E-state index in [9.17, 15) is 4.39 Å². The minimum Gasteiger partial charge on any atom is -0.377 e. The van der Waals surface area contributed by atoms with Crippen molar-refractivity contribution in [2.45, 2.75) is 13.0 Å². The maximum atomic E-state index is 12.7. The SMILES string of the molecule is CC(Nc1ccc(F)cc1)c1ccn[nH]1. The molecule has 0 saturated carbocycles. The Morgan fingerprint density at radius 3 is 2.60 bits per heavy atom. The minimum atomic E-state index is -0.227. The van der Waals surface area contributed by atoms with Crippen LogP contribution in [0.25, 0.3) is 0 Å². The normalized spacial score (nSPS) is 12.4. The molecule has 15 heavy (non-hydrogen) atoms. The molecule has 0 fully saturated rings. The van der Waals surface area contributed by atoms with Crippen molar-refractivity contribution in [1.82, 2.24) is 10.2 Å². The van der Waals surface area contributed by atoms with Gasteiger partial charge in [-0.1, -0.05) is 0 Å². The predicted molar refractivity (Wildman–Crippen MR) is 57.0 cm³/mol. The molecule has 0 amide bonds. The highest BCUT2D eigenvalue weighted by molar-refractivity contribution is 5.44. The molecule has 0 radical (unpaired) electrons. The molecule has 1 aromatic carbocycles. The molecule has 2 N–H and O–H groups in total. The Hall–Kier alpha value is -1.84. The Labute approximate surface area is 87.3 Å². The van der Waals surface area contributed by atoms with Crippen LogP contribution in [0.15, 0.2) is 36.5 Å². The molecule has 2 rings (SSSR count). The van der Waals surface area contributed by atoms with Crippen molar-refractivity contribution in [2.75, 3.05) is 5.32 Å². The second-order valence-corrected chi connectivity index (χ2v) is 3.38. The third kappa shape index (κ3) is 2.34. The van der Waals surface area contributed by atoms with Crippen molar-refractivity contribution in [3.8, 4) is 0 Å². The number of aromatic amines is 1. The number of nitrogens with zero attached hydrogens (tertiary/aromatic N) is 1. The van der Waals surface area contributed by atoms with Gasteiger partial charge in [0.05, 0.1) is 11.7 Å². The minimum absolute atomic E-state index is 0.123. The summed E-state index contributed by atoms with van der Waals surface area (Å²) in [5, 5.41) is 9.99. The van der Waals surface area contributed by atoms with Gasteiger partial charge in [0.1, 0.15) is 5.82 Å². The zero-order chi connectivity index (χ0) is 10.7. The molecule has 0 saturated heterocycles. The van der Waals surface area contributed by atoms with Crippen LogP contribution in [-0.4, -0.2) is 10.2 Å². The van der Waals surface area contributed by atoms with Crippen molar-refractivity contribution in [3.05, 3.63) is 48.0 Å². The molecule has 0 spiro atoms. The molecular formula is C11H12FN3. The highest BCUT2D eigenvalue weighted by Crippen LogP contribution is 2.17. The van der Waals surface area contributed by atoms with Crippen LogP contribution in [0.3, 0.4) is 0 Å². The molecule has 1 heterocycles. The standard InChI is InChI=1S/C11H12FN3/c1-8(11-6-7-13-15-11)14-10-4-2-9(12)3-5-10/h2-8,14H,1H3,(H,13,15). The molecule has 1 atom stereocenters. The number of halogens is 1. The van der Waals surface area contributed by atoms with Crippen molar-refractivity contribution in [1.29, 1.82) is 0 Å². The summed E-state index contributed by atoms with van der Waals surface area (Å²) in [5.74, 6) is -0.227. The Kier molecular flexibility index (Phi) is 2.67. The first-order valence-electron chi connectivity index (χ1n) is 4.77. The van der Waals surface area contributed by atoms with Crippen LogP contribution in [0.4, 0.5) is 10.1 Å². The fraction of sp³-hybridized carbons (Fsp3) is 0.182. The molecule has 3 nitrogen and oxygen atoms in total. The third-order valence-corrected chi connectivity index (χ3v) is 2.22. The fourth-order valence-corrected chi connectivity index (χ4v) is 1.38. The van der Waals surface area contributed by atoms with Gasteiger partial charge >= 0.3 is 0 Å². The number of benzene rings is 1. The van der Waals surface area contributed by atoms with Crippen molar-refractivity contribution < 1.29 is 4.39 Å². The fourth-order valence-electron chi connectivity index (χ4n) is 1.38. The van der Waals surface area contributed by atoms with Crippen molar-refractivity contribution >= 4 is 5.69 Å². The Balaban J connectivity index is 2.06. The summed E-state index contributed by atoms with van der Waals surface area (Å²) in [6, 6.07) is 8.31. The highest BCUT2D eigenvalue weighted by atomic mass is 19.1. The number of rotatable bonds is 3. The van der Waals surface area contributed by atoms with E-state index < -0.39 is 0 Å². The van der Waals surface area contributed by atoms with E-state index >= 15 is 0 Å². The van der Waals surface area contributed by atoms with Crippen LogP contribution in [0, 0.1) is 5.82 Å². The lowest BCUT2D eigenvalue weighted by atomic mass is 10.2. The number of nitrogens with one attached hydrogen (secondary N) is 2. The summed E-state index contributed by atoms with van der Waals surface area (Å²) in [4.78, 5) is 0. The van der Waals surface area contributed by atoms with Crippen molar-refractivity contribution in [2.24, 2.45) is 0 Å². The molecule has 2 aromatic rings. The van der Waals surface area contributed by atoms with Gasteiger partial charge in [-0.2, -0.15) is 5.10 Å². The topological polar surface area (TPSA) is 40.7 Å². The summed E-state index contributed by atoms with van der Waals surface area (Å²) >= 11 is 0. The van der Waals surface area contributed by atoms with Gasteiger partial charge in [-0.15, -0.1) is 0 Å². The van der Waals surface area contributed by atoms with Crippen LogP contribution >= 0.6 is 0 Å². The highest BCUT2D eigenvalue weighted by Gasteiger charge is 2.05. The second kappa shape index (κ2) is 4.13. The van der Waals surface area contributed by atoms with Gasteiger partial charge in [-0.25, -0.2) is 4.39 Å². The van der Waals surface area contributed by atoms with Crippen LogP contribution in [-0.2, 0) is 0 Å². The van der Waals surface area contributed by atoms with Crippen LogP contribution < -0.4 is 5.32 Å². The van der Waals surface area contributed by atoms with E-state index in [1.165, 1.54) is 12.1 Å². The number of anilines is 1. The van der Waals surface area contributed by atoms with Crippen LogP contribution in [0.5, 0.6) is 0 Å². The van der Waals surface area contributed by atoms with E-state index in [2.05, 4.69) is 15.5 Å². The monoisotopic (exact) mass is 205 g/mol. The summed E-state index contributed by atoms with van der Waals surface area (Å²) in [5.41, 5.74) is 1.89. The second-order valence-electron chi connectivity index (χ2n) is 3.38. The molecular weight excluding hydrogens is 193 g/mol. The van der Waals surface area contributed by atoms with E-state index in [-0.39, 0.29) is 11.9 Å². The lowest BCUT2D eigenvalue weighted by Crippen LogP contribution is -2.06. The zero-order valence-corrected chi connectivity index (χ0v) is 8.37. The lowest BCUT2D eigenvalue weighted by Gasteiger charge is -2.13. The molecule has 4 heteroatoms. The van der Waals surface area contributed by atoms with E-state index in [0.29, 0.717) is 0 Å². The van der Waals surface area contributed by atoms with Gasteiger partial charge in [0.2, 0.25) is 0 Å². The molecule has 0 aliphatic carbocycles. The van der Waals surface area contributed by atoms with Crippen LogP contribution in [0.1, 0.15) is 18.7 Å². The molecule has 0 aliphatic rings. The quantitative estimate of drug-likeness (QED) is 0.808. The molecule has 1 aromatic heterocycles. The Morgan fingerprint density at radius 2 is 2.00 bits per heavy atom. The smallest absolute Gasteiger partial charge is 0.123 e. The molecule has 0 bridgehead atoms. The van der Waals surface area contributed by atoms with Gasteiger partial charge in [0.15, 0.2) is 0 Å². The summed E-state index contributed by atoms with van der Waals surface area (Å²) in [7, 11) is 0. The van der Waals surface area contributed by atoms with E-state index in [4.69, 9.17) is 0 Å². The Bertz CT molecular complexity index is 408. The van der Waals surface area contributed by atoms with Gasteiger partial charge in [-0.3, -0.25) is 5.10 Å². The average molecular weight is 205 g/mol. The first-order chi connectivity index (χ1) is 7.25. The number of hydrogen-bond donors (Lipinski definition) is 2. The van der Waals surface area contributed by atoms with E-state index in [1.807, 2.05) is 13.0 Å². The van der Waals surface area contributed by atoms with Crippen molar-refractivity contribution in [3.63, 3.8) is 0 Å². The predicted octanol–water partition coefficient (Wildman–Crippen LogP) is 2.72. The maximum absolute atomic E-state index is 12.7. The van der Waals surface area contributed by atoms with Gasteiger partial charge in [-0.05, 0) is 37.3 Å². The third-order valence-electron chi connectivity index (χ3n) is 2.22. The molecule has 78 valence electrons. The summed E-state index contributed by atoms with van der Waals surface area (Å²) < 4.78 is 12.7. The number of hydrogen-bond acceptors (Lipinski definition) is 2. The lowest BCUT2D eigenvalue weighted by molar-refractivity contribution is 0.628. The van der Waals surface area contributed by atoms with E-state index in [0.717, 1.165) is 11.4 Å².